The summed E-state index contributed by atoms with van der Waals surface area (Å²) in [5, 5.41) is 19.6. The Kier molecular flexibility index (Phi) is 5.38. The van der Waals surface area contributed by atoms with Crippen LogP contribution in [0.15, 0.2) is 24.3 Å². The van der Waals surface area contributed by atoms with Crippen LogP contribution < -0.4 is 0 Å². The number of rotatable bonds is 6. The third-order valence-corrected chi connectivity index (χ3v) is 4.07. The van der Waals surface area contributed by atoms with E-state index in [1.165, 1.54) is 11.1 Å². The maximum atomic E-state index is 9.84. The molecule has 118 valence electrons. The van der Waals surface area contributed by atoms with Crippen molar-refractivity contribution in [3.63, 3.8) is 0 Å². The first-order valence-electron chi connectivity index (χ1n) is 7.61. The number of aliphatic hydroxyl groups is 2. The molecule has 0 spiro atoms. The van der Waals surface area contributed by atoms with Crippen molar-refractivity contribution in [2.24, 2.45) is 0 Å². The molecule has 0 aromatic heterocycles. The number of aryl methyl sites for hydroxylation is 1. The lowest BCUT2D eigenvalue weighted by molar-refractivity contribution is 0.0714. The van der Waals surface area contributed by atoms with Gasteiger partial charge in [0.1, 0.15) is 0 Å². The van der Waals surface area contributed by atoms with E-state index in [4.69, 9.17) is 4.74 Å². The number of ether oxygens (including phenoxy) is 1. The molecule has 21 heavy (non-hydrogen) atoms. The molecule has 2 atom stereocenters. The first-order chi connectivity index (χ1) is 9.85. The number of nitrogens with zero attached hydrogens (tertiary/aromatic N) is 1. The Morgan fingerprint density at radius 3 is 2.33 bits per heavy atom. The van der Waals surface area contributed by atoms with Crippen LogP contribution in [-0.2, 0) is 17.7 Å². The topological polar surface area (TPSA) is 52.9 Å². The minimum atomic E-state index is -0.614. The fourth-order valence-corrected chi connectivity index (χ4v) is 2.62. The Morgan fingerprint density at radius 2 is 1.81 bits per heavy atom. The fourth-order valence-electron chi connectivity index (χ4n) is 2.62. The van der Waals surface area contributed by atoms with E-state index >= 15 is 0 Å². The highest BCUT2D eigenvalue weighted by Crippen LogP contribution is 2.17. The zero-order valence-corrected chi connectivity index (χ0v) is 13.2. The van der Waals surface area contributed by atoms with E-state index in [1.54, 1.807) is 0 Å². The van der Waals surface area contributed by atoms with Crippen LogP contribution in [0.3, 0.4) is 0 Å². The predicted molar refractivity (Wildman–Crippen MR) is 83.1 cm³/mol. The lowest BCUT2D eigenvalue weighted by Crippen LogP contribution is -2.39. The van der Waals surface area contributed by atoms with Crippen molar-refractivity contribution in [2.75, 3.05) is 20.3 Å². The molecular formula is C17H27NO3. The van der Waals surface area contributed by atoms with Gasteiger partial charge in [-0.1, -0.05) is 24.3 Å². The molecule has 1 aromatic rings. The van der Waals surface area contributed by atoms with E-state index in [2.05, 4.69) is 29.2 Å². The zero-order chi connectivity index (χ0) is 15.5. The number of benzene rings is 1. The van der Waals surface area contributed by atoms with Gasteiger partial charge in [-0.2, -0.15) is 0 Å². The smallest absolute Gasteiger partial charge is 0.0950 e. The maximum absolute atomic E-state index is 9.84. The molecule has 0 amide bonds. The number of hydrogen-bond donors (Lipinski definition) is 2. The molecule has 0 aliphatic carbocycles. The van der Waals surface area contributed by atoms with Crippen LogP contribution in [0.1, 0.15) is 31.4 Å². The highest BCUT2D eigenvalue weighted by atomic mass is 16.5. The molecule has 0 saturated carbocycles. The van der Waals surface area contributed by atoms with Gasteiger partial charge in [-0.25, -0.2) is 0 Å². The summed E-state index contributed by atoms with van der Waals surface area (Å²) in [6.45, 7) is 5.51. The highest BCUT2D eigenvalue weighted by molar-refractivity contribution is 5.23. The predicted octanol–water partition coefficient (Wildman–Crippen LogP) is 1.58. The normalized spacial score (nSPS) is 23.0. The third kappa shape index (κ3) is 5.08. The molecule has 0 unspecified atom stereocenters. The van der Waals surface area contributed by atoms with E-state index in [-0.39, 0.29) is 12.1 Å². The average molecular weight is 293 g/mol. The third-order valence-electron chi connectivity index (χ3n) is 4.07. The summed E-state index contributed by atoms with van der Waals surface area (Å²) in [7, 11) is 2.02. The van der Waals surface area contributed by atoms with Gasteiger partial charge < -0.3 is 14.9 Å². The number of aliphatic hydroxyl groups excluding tert-OH is 1. The summed E-state index contributed by atoms with van der Waals surface area (Å²) in [6, 6.07) is 8.57. The van der Waals surface area contributed by atoms with Crippen molar-refractivity contribution in [1.29, 1.82) is 0 Å². The van der Waals surface area contributed by atoms with Crippen LogP contribution in [0, 0.1) is 0 Å². The molecule has 1 fully saturated rings. The van der Waals surface area contributed by atoms with Crippen molar-refractivity contribution >= 4 is 0 Å². The molecule has 2 N–H and O–H groups in total. The Balaban J connectivity index is 1.87. The van der Waals surface area contributed by atoms with Gasteiger partial charge in [-0.05, 0) is 44.9 Å². The lowest BCUT2D eigenvalue weighted by Gasteiger charge is -2.25. The summed E-state index contributed by atoms with van der Waals surface area (Å²) in [5.41, 5.74) is 1.86. The van der Waals surface area contributed by atoms with Crippen molar-refractivity contribution < 1.29 is 14.9 Å². The van der Waals surface area contributed by atoms with Gasteiger partial charge in [0.15, 0.2) is 0 Å². The van der Waals surface area contributed by atoms with Crippen LogP contribution in [0.2, 0.25) is 0 Å². The van der Waals surface area contributed by atoms with Crippen LogP contribution in [0.4, 0.5) is 0 Å². The van der Waals surface area contributed by atoms with Crippen LogP contribution in [-0.4, -0.2) is 53.1 Å². The van der Waals surface area contributed by atoms with Crippen LogP contribution in [0.5, 0.6) is 0 Å². The standard InChI is InChI=1S/C17H27NO3/c1-17(2,20)9-8-13-4-6-14(7-5-13)10-18(3)15-11-21-12-16(15)19/h4-7,15-16,19-20H,8-12H2,1-3H3/t15-,16-/m1/s1. The first-order valence-corrected chi connectivity index (χ1v) is 7.61. The molecule has 1 aliphatic rings. The minimum Gasteiger partial charge on any atom is -0.390 e. The molecule has 0 radical (unpaired) electrons. The van der Waals surface area contributed by atoms with Crippen molar-refractivity contribution in [1.82, 2.24) is 4.90 Å². The fraction of sp³-hybridized carbons (Fsp3) is 0.647. The first kappa shape index (κ1) is 16.4. The summed E-state index contributed by atoms with van der Waals surface area (Å²) < 4.78 is 5.30. The van der Waals surface area contributed by atoms with E-state index in [1.807, 2.05) is 20.9 Å². The minimum absolute atomic E-state index is 0.0832. The second kappa shape index (κ2) is 6.88. The molecule has 1 aromatic carbocycles. The van der Waals surface area contributed by atoms with Gasteiger partial charge in [0.25, 0.3) is 0 Å². The summed E-state index contributed by atoms with van der Waals surface area (Å²) in [4.78, 5) is 2.14. The second-order valence-corrected chi connectivity index (χ2v) is 6.72. The molecule has 1 saturated heterocycles. The molecule has 4 nitrogen and oxygen atoms in total. The summed E-state index contributed by atoms with van der Waals surface area (Å²) in [6.07, 6.45) is 1.26. The van der Waals surface area contributed by atoms with Gasteiger partial charge in [0, 0.05) is 6.54 Å². The molecule has 2 rings (SSSR count). The molecule has 1 aliphatic heterocycles. The molecular weight excluding hydrogens is 266 g/mol. The van der Waals surface area contributed by atoms with E-state index < -0.39 is 5.60 Å². The SMILES string of the molecule is CN(Cc1ccc(CCC(C)(C)O)cc1)[C@@H]1COC[C@H]1O. The molecule has 4 heteroatoms. The van der Waals surface area contributed by atoms with Gasteiger partial charge in [-0.15, -0.1) is 0 Å². The Morgan fingerprint density at radius 1 is 1.19 bits per heavy atom. The van der Waals surface area contributed by atoms with E-state index in [0.717, 1.165) is 19.4 Å². The molecule has 0 bridgehead atoms. The highest BCUT2D eigenvalue weighted by Gasteiger charge is 2.29. The Labute approximate surface area is 127 Å². The second-order valence-electron chi connectivity index (χ2n) is 6.72. The quantitative estimate of drug-likeness (QED) is 0.836. The largest absolute Gasteiger partial charge is 0.390 e. The van der Waals surface area contributed by atoms with Gasteiger partial charge in [0.2, 0.25) is 0 Å². The van der Waals surface area contributed by atoms with Crippen molar-refractivity contribution in [2.45, 2.75) is 51.0 Å². The Bertz CT molecular complexity index is 438. The molecule has 1 heterocycles. The monoisotopic (exact) mass is 293 g/mol. The summed E-state index contributed by atoms with van der Waals surface area (Å²) >= 11 is 0. The average Bonchev–Trinajstić information content (AvgIpc) is 2.83. The van der Waals surface area contributed by atoms with E-state index in [0.29, 0.717) is 13.2 Å². The summed E-state index contributed by atoms with van der Waals surface area (Å²) in [5.74, 6) is 0. The van der Waals surface area contributed by atoms with Crippen molar-refractivity contribution in [3.05, 3.63) is 35.4 Å². The van der Waals surface area contributed by atoms with Gasteiger partial charge in [0.05, 0.1) is 31.0 Å². The van der Waals surface area contributed by atoms with Crippen LogP contribution >= 0.6 is 0 Å². The van der Waals surface area contributed by atoms with Gasteiger partial charge >= 0.3 is 0 Å². The lowest BCUT2D eigenvalue weighted by atomic mass is 9.98. The van der Waals surface area contributed by atoms with Crippen LogP contribution in [0.25, 0.3) is 0 Å². The Hall–Kier alpha value is -0.940. The maximum Gasteiger partial charge on any atom is 0.0950 e. The van der Waals surface area contributed by atoms with Gasteiger partial charge in [-0.3, -0.25) is 4.90 Å². The zero-order valence-electron chi connectivity index (χ0n) is 13.2. The van der Waals surface area contributed by atoms with Crippen molar-refractivity contribution in [3.8, 4) is 0 Å². The number of hydrogen-bond acceptors (Lipinski definition) is 4. The van der Waals surface area contributed by atoms with E-state index in [9.17, 15) is 10.2 Å². The number of likely N-dealkylation sites (N-methyl/N-ethyl adjacent to an activating group) is 1.